The van der Waals surface area contributed by atoms with Crippen molar-refractivity contribution in [3.05, 3.63) is 42.7 Å². The number of nitrogens with zero attached hydrogens (tertiary/aromatic N) is 6. The molecule has 0 aliphatic carbocycles. The molecule has 0 unspecified atom stereocenters. The molecule has 2 N–H and O–H groups in total. The average Bonchev–Trinajstić information content (AvgIpc) is 2.96. The van der Waals surface area contributed by atoms with E-state index in [1.165, 1.54) is 6.20 Å². The third-order valence-corrected chi connectivity index (χ3v) is 3.84. The second-order valence-corrected chi connectivity index (χ2v) is 5.22. The number of aromatic nitrogens is 5. The topological polar surface area (TPSA) is 103 Å². The summed E-state index contributed by atoms with van der Waals surface area (Å²) in [5.41, 5.74) is 6.49. The predicted octanol–water partition coefficient (Wildman–Crippen LogP) is 0.381. The summed E-state index contributed by atoms with van der Waals surface area (Å²) in [6.45, 7) is 1.54. The molecule has 1 amide bonds. The van der Waals surface area contributed by atoms with E-state index in [4.69, 9.17) is 5.73 Å². The number of anilines is 1. The van der Waals surface area contributed by atoms with Crippen LogP contribution in [-0.4, -0.2) is 43.7 Å². The lowest BCUT2D eigenvalue weighted by Gasteiger charge is -2.40. The Morgan fingerprint density at radius 1 is 1.27 bits per heavy atom. The molecule has 0 atom stereocenters. The van der Waals surface area contributed by atoms with Crippen LogP contribution in [0.4, 0.5) is 5.82 Å². The van der Waals surface area contributed by atoms with Gasteiger partial charge in [0.05, 0.1) is 29.5 Å². The molecule has 8 heteroatoms. The van der Waals surface area contributed by atoms with Gasteiger partial charge in [0, 0.05) is 30.9 Å². The minimum absolute atomic E-state index is 0.208. The molecule has 4 heterocycles. The van der Waals surface area contributed by atoms with Crippen LogP contribution in [0.15, 0.2) is 37.2 Å². The Hall–Kier alpha value is -3.03. The van der Waals surface area contributed by atoms with Gasteiger partial charge >= 0.3 is 0 Å². The van der Waals surface area contributed by atoms with E-state index in [9.17, 15) is 4.79 Å². The fourth-order valence-electron chi connectivity index (χ4n) is 2.61. The van der Waals surface area contributed by atoms with E-state index in [1.54, 1.807) is 29.6 Å². The van der Waals surface area contributed by atoms with E-state index in [0.29, 0.717) is 5.56 Å². The zero-order valence-corrected chi connectivity index (χ0v) is 11.6. The van der Waals surface area contributed by atoms with E-state index in [0.717, 1.165) is 29.8 Å². The van der Waals surface area contributed by atoms with Crippen LogP contribution in [0.2, 0.25) is 0 Å². The number of primary amides is 1. The largest absolute Gasteiger partial charge is 0.366 e. The first kappa shape index (κ1) is 12.7. The number of pyridine rings is 1. The molecule has 3 aromatic rings. The molecule has 22 heavy (non-hydrogen) atoms. The first-order valence-electron chi connectivity index (χ1n) is 6.86. The third-order valence-electron chi connectivity index (χ3n) is 3.84. The highest BCUT2D eigenvalue weighted by Crippen LogP contribution is 2.30. The van der Waals surface area contributed by atoms with Crippen LogP contribution in [0.3, 0.4) is 0 Å². The standard InChI is InChI=1S/C14H13N7O/c15-13(22)9-3-19-21(5-9)10-6-20(7-10)14-11-1-2-16-4-12(11)17-8-18-14/h1-5,8,10H,6-7H2,(H2,15,22). The Balaban J connectivity index is 1.56. The summed E-state index contributed by atoms with van der Waals surface area (Å²) in [6.07, 6.45) is 8.19. The maximum absolute atomic E-state index is 11.1. The van der Waals surface area contributed by atoms with E-state index in [-0.39, 0.29) is 6.04 Å². The fourth-order valence-corrected chi connectivity index (χ4v) is 2.61. The normalized spacial score (nSPS) is 15.0. The summed E-state index contributed by atoms with van der Waals surface area (Å²) < 4.78 is 1.78. The van der Waals surface area contributed by atoms with Crippen LogP contribution in [0, 0.1) is 0 Å². The van der Waals surface area contributed by atoms with E-state index < -0.39 is 5.91 Å². The van der Waals surface area contributed by atoms with Crippen molar-refractivity contribution >= 4 is 22.6 Å². The molecule has 1 aliphatic heterocycles. The smallest absolute Gasteiger partial charge is 0.251 e. The Labute approximate surface area is 125 Å². The second kappa shape index (κ2) is 4.76. The highest BCUT2D eigenvalue weighted by Gasteiger charge is 2.31. The van der Waals surface area contributed by atoms with Crippen LogP contribution in [0.25, 0.3) is 10.9 Å². The van der Waals surface area contributed by atoms with Crippen molar-refractivity contribution < 1.29 is 4.79 Å². The number of hydrogen-bond acceptors (Lipinski definition) is 6. The number of carbonyl (C=O) groups excluding carboxylic acids is 1. The summed E-state index contributed by atoms with van der Waals surface area (Å²) in [5.74, 6) is 0.433. The van der Waals surface area contributed by atoms with Gasteiger partial charge in [0.2, 0.25) is 0 Å². The Morgan fingerprint density at radius 2 is 2.14 bits per heavy atom. The molecule has 0 saturated carbocycles. The van der Waals surface area contributed by atoms with Crippen molar-refractivity contribution in [1.82, 2.24) is 24.7 Å². The molecule has 1 fully saturated rings. The summed E-state index contributed by atoms with van der Waals surface area (Å²) in [6, 6.07) is 2.12. The summed E-state index contributed by atoms with van der Waals surface area (Å²) >= 11 is 0. The zero-order chi connectivity index (χ0) is 15.1. The Kier molecular flexibility index (Phi) is 2.75. The Morgan fingerprint density at radius 3 is 2.91 bits per heavy atom. The van der Waals surface area contributed by atoms with E-state index in [1.807, 2.05) is 6.07 Å². The molecular weight excluding hydrogens is 282 g/mol. The van der Waals surface area contributed by atoms with Gasteiger partial charge in [0.1, 0.15) is 12.1 Å². The van der Waals surface area contributed by atoms with Gasteiger partial charge in [-0.1, -0.05) is 0 Å². The van der Waals surface area contributed by atoms with Gasteiger partial charge in [-0.15, -0.1) is 0 Å². The van der Waals surface area contributed by atoms with Gasteiger partial charge in [-0.3, -0.25) is 14.5 Å². The molecule has 0 aromatic carbocycles. The lowest BCUT2D eigenvalue weighted by molar-refractivity contribution is 0.1000. The second-order valence-electron chi connectivity index (χ2n) is 5.22. The maximum atomic E-state index is 11.1. The van der Waals surface area contributed by atoms with E-state index in [2.05, 4.69) is 25.0 Å². The van der Waals surface area contributed by atoms with Gasteiger partial charge in [0.15, 0.2) is 0 Å². The van der Waals surface area contributed by atoms with Crippen molar-refractivity contribution in [3.63, 3.8) is 0 Å². The van der Waals surface area contributed by atoms with Crippen LogP contribution >= 0.6 is 0 Å². The van der Waals surface area contributed by atoms with Gasteiger partial charge in [-0.2, -0.15) is 5.10 Å². The molecular formula is C14H13N7O. The van der Waals surface area contributed by atoms with Gasteiger partial charge in [-0.25, -0.2) is 9.97 Å². The minimum Gasteiger partial charge on any atom is -0.366 e. The van der Waals surface area contributed by atoms with Crippen LogP contribution in [0.5, 0.6) is 0 Å². The van der Waals surface area contributed by atoms with Gasteiger partial charge in [0.25, 0.3) is 5.91 Å². The van der Waals surface area contributed by atoms with Crippen molar-refractivity contribution in [3.8, 4) is 0 Å². The highest BCUT2D eigenvalue weighted by molar-refractivity contribution is 5.92. The van der Waals surface area contributed by atoms with Crippen molar-refractivity contribution in [2.75, 3.05) is 18.0 Å². The lowest BCUT2D eigenvalue weighted by Crippen LogP contribution is -2.48. The third kappa shape index (κ3) is 1.96. The molecule has 4 rings (SSSR count). The predicted molar refractivity (Wildman–Crippen MR) is 79.3 cm³/mol. The first-order valence-corrected chi connectivity index (χ1v) is 6.86. The molecule has 1 saturated heterocycles. The molecule has 0 bridgehead atoms. The van der Waals surface area contributed by atoms with Crippen LogP contribution < -0.4 is 10.6 Å². The minimum atomic E-state index is -0.461. The van der Waals surface area contributed by atoms with Gasteiger partial charge in [-0.05, 0) is 6.07 Å². The summed E-state index contributed by atoms with van der Waals surface area (Å²) in [5, 5.41) is 5.18. The molecule has 0 radical (unpaired) electrons. The monoisotopic (exact) mass is 295 g/mol. The SMILES string of the molecule is NC(=O)c1cnn(C2CN(c3ncnc4cnccc34)C2)c1. The first-order chi connectivity index (χ1) is 10.7. The number of rotatable bonds is 3. The maximum Gasteiger partial charge on any atom is 0.251 e. The molecule has 3 aromatic heterocycles. The van der Waals surface area contributed by atoms with Crippen LogP contribution in [0.1, 0.15) is 16.4 Å². The number of nitrogens with two attached hydrogens (primary N) is 1. The van der Waals surface area contributed by atoms with Gasteiger partial charge < -0.3 is 10.6 Å². The quantitative estimate of drug-likeness (QED) is 0.749. The summed E-state index contributed by atoms with van der Waals surface area (Å²) in [7, 11) is 0. The number of amides is 1. The van der Waals surface area contributed by atoms with Crippen molar-refractivity contribution in [2.24, 2.45) is 5.73 Å². The lowest BCUT2D eigenvalue weighted by atomic mass is 10.1. The van der Waals surface area contributed by atoms with Crippen LogP contribution in [-0.2, 0) is 0 Å². The average molecular weight is 295 g/mol. The highest BCUT2D eigenvalue weighted by atomic mass is 16.1. The zero-order valence-electron chi connectivity index (χ0n) is 11.6. The molecule has 0 spiro atoms. The number of hydrogen-bond donors (Lipinski definition) is 1. The summed E-state index contributed by atoms with van der Waals surface area (Å²) in [4.78, 5) is 25.9. The van der Waals surface area contributed by atoms with Crippen molar-refractivity contribution in [2.45, 2.75) is 6.04 Å². The number of carbonyl (C=O) groups is 1. The Bertz CT molecular complexity index is 848. The van der Waals surface area contributed by atoms with Crippen molar-refractivity contribution in [1.29, 1.82) is 0 Å². The van der Waals surface area contributed by atoms with E-state index >= 15 is 0 Å². The molecule has 110 valence electrons. The number of fused-ring (bicyclic) bond motifs is 1. The fraction of sp³-hybridized carbons (Fsp3) is 0.214. The molecule has 1 aliphatic rings. The molecule has 8 nitrogen and oxygen atoms in total.